The molecule has 1 aliphatic rings. The Kier molecular flexibility index (Phi) is 7.21. The van der Waals surface area contributed by atoms with Crippen LogP contribution in [0.25, 0.3) is 28.0 Å². The number of fused-ring (bicyclic) bond motifs is 1. The molecule has 1 saturated heterocycles. The molecule has 202 valence electrons. The number of benzene rings is 3. The third-order valence-corrected chi connectivity index (χ3v) is 7.54. The molecule has 40 heavy (non-hydrogen) atoms. The second-order valence-corrected chi connectivity index (χ2v) is 9.95. The van der Waals surface area contributed by atoms with Crippen molar-refractivity contribution in [3.63, 3.8) is 0 Å². The summed E-state index contributed by atoms with van der Waals surface area (Å²) in [4.78, 5) is 22.5. The van der Waals surface area contributed by atoms with Crippen molar-refractivity contribution in [2.45, 2.75) is 6.54 Å². The van der Waals surface area contributed by atoms with Gasteiger partial charge < -0.3 is 18.8 Å². The maximum atomic E-state index is 13.1. The van der Waals surface area contributed by atoms with Gasteiger partial charge in [-0.1, -0.05) is 42.5 Å². The highest BCUT2D eigenvalue weighted by Gasteiger charge is 2.25. The Labute approximate surface area is 234 Å². The molecule has 5 aromatic rings. The Morgan fingerprint density at radius 1 is 0.750 bits per heavy atom. The number of methoxy groups -OCH3 is 2. The molecule has 7 nitrogen and oxygen atoms in total. The van der Waals surface area contributed by atoms with Crippen LogP contribution in [0.1, 0.15) is 16.1 Å². The van der Waals surface area contributed by atoms with Gasteiger partial charge in [-0.25, -0.2) is 4.98 Å². The Bertz CT molecular complexity index is 1620. The Morgan fingerprint density at radius 2 is 1.48 bits per heavy atom. The van der Waals surface area contributed by atoms with E-state index in [1.165, 1.54) is 0 Å². The maximum absolute atomic E-state index is 13.1. The van der Waals surface area contributed by atoms with Gasteiger partial charge in [0.2, 0.25) is 0 Å². The van der Waals surface area contributed by atoms with Gasteiger partial charge in [-0.05, 0) is 59.7 Å². The molecule has 1 aliphatic heterocycles. The quantitative estimate of drug-likeness (QED) is 0.271. The van der Waals surface area contributed by atoms with Gasteiger partial charge in [0.05, 0.1) is 25.6 Å². The number of rotatable bonds is 7. The molecule has 0 atom stereocenters. The molecular weight excluding hydrogens is 500 g/mol. The number of amides is 1. The van der Waals surface area contributed by atoms with Crippen molar-refractivity contribution in [2.75, 3.05) is 40.4 Å². The number of aromatic nitrogens is 2. The van der Waals surface area contributed by atoms with Crippen LogP contribution in [0.2, 0.25) is 0 Å². The number of hydrogen-bond donors (Lipinski definition) is 0. The highest BCUT2D eigenvalue weighted by molar-refractivity contribution is 5.94. The summed E-state index contributed by atoms with van der Waals surface area (Å²) in [6.45, 7) is 3.63. The molecule has 0 spiro atoms. The van der Waals surface area contributed by atoms with E-state index in [-0.39, 0.29) is 5.91 Å². The topological polar surface area (TPSA) is 59.3 Å². The Balaban J connectivity index is 1.28. The second kappa shape index (κ2) is 11.2. The zero-order chi connectivity index (χ0) is 27.5. The van der Waals surface area contributed by atoms with E-state index in [4.69, 9.17) is 14.5 Å². The summed E-state index contributed by atoms with van der Waals surface area (Å²) in [7, 11) is 3.31. The van der Waals surface area contributed by atoms with E-state index in [1.807, 2.05) is 53.4 Å². The van der Waals surface area contributed by atoms with Gasteiger partial charge in [0, 0.05) is 50.0 Å². The predicted molar refractivity (Wildman–Crippen MR) is 157 cm³/mol. The average Bonchev–Trinajstić information content (AvgIpc) is 3.39. The zero-order valence-electron chi connectivity index (χ0n) is 22.8. The number of imidazole rings is 1. The van der Waals surface area contributed by atoms with E-state index >= 15 is 0 Å². The van der Waals surface area contributed by atoms with Crippen LogP contribution < -0.4 is 9.47 Å². The van der Waals surface area contributed by atoms with Crippen LogP contribution in [0.3, 0.4) is 0 Å². The standard InChI is InChI=1S/C33H32N4O3/c1-39-28-14-11-25(12-15-28)33(38)36-19-17-35(18-20-36)23-30-32(26-9-6-10-29(21-26)40-2)34-31-16-13-27(22-37(30)31)24-7-4-3-5-8-24/h3-16,21-22H,17-20,23H2,1-2H3. The number of ether oxygens (including phenoxy) is 2. The van der Waals surface area contributed by atoms with Crippen LogP contribution in [-0.4, -0.2) is 65.5 Å². The maximum Gasteiger partial charge on any atom is 0.253 e. The third-order valence-electron chi connectivity index (χ3n) is 7.54. The SMILES string of the molecule is COc1ccc(C(=O)N2CCN(Cc3c(-c4cccc(OC)c4)nc4ccc(-c5ccccc5)cn34)CC2)cc1. The molecule has 3 aromatic carbocycles. The summed E-state index contributed by atoms with van der Waals surface area (Å²) in [5.74, 6) is 1.61. The van der Waals surface area contributed by atoms with Crippen LogP contribution in [0.15, 0.2) is 97.2 Å². The number of carbonyl (C=O) groups is 1. The van der Waals surface area contributed by atoms with Gasteiger partial charge in [0.1, 0.15) is 17.1 Å². The third kappa shape index (κ3) is 5.16. The molecule has 3 heterocycles. The largest absolute Gasteiger partial charge is 0.497 e. The smallest absolute Gasteiger partial charge is 0.253 e. The van der Waals surface area contributed by atoms with Crippen LogP contribution in [0.4, 0.5) is 0 Å². The van der Waals surface area contributed by atoms with Crippen molar-refractivity contribution < 1.29 is 14.3 Å². The van der Waals surface area contributed by atoms with Gasteiger partial charge in [-0.2, -0.15) is 0 Å². The Morgan fingerprint density at radius 3 is 2.20 bits per heavy atom. The lowest BCUT2D eigenvalue weighted by molar-refractivity contribution is 0.0627. The van der Waals surface area contributed by atoms with Gasteiger partial charge in [-0.15, -0.1) is 0 Å². The van der Waals surface area contributed by atoms with Crippen molar-refractivity contribution in [3.8, 4) is 33.9 Å². The molecule has 1 amide bonds. The highest BCUT2D eigenvalue weighted by atomic mass is 16.5. The van der Waals surface area contributed by atoms with E-state index in [0.29, 0.717) is 18.7 Å². The summed E-state index contributed by atoms with van der Waals surface area (Å²) in [6, 6.07) is 30.0. The molecule has 0 saturated carbocycles. The zero-order valence-corrected chi connectivity index (χ0v) is 22.8. The van der Waals surface area contributed by atoms with Crippen molar-refractivity contribution in [2.24, 2.45) is 0 Å². The number of hydrogen-bond acceptors (Lipinski definition) is 5. The average molecular weight is 533 g/mol. The summed E-state index contributed by atoms with van der Waals surface area (Å²) in [5, 5.41) is 0. The first-order valence-electron chi connectivity index (χ1n) is 13.5. The first-order chi connectivity index (χ1) is 19.6. The minimum Gasteiger partial charge on any atom is -0.497 e. The first kappa shape index (κ1) is 25.6. The number of pyridine rings is 1. The van der Waals surface area contributed by atoms with E-state index < -0.39 is 0 Å². The summed E-state index contributed by atoms with van der Waals surface area (Å²) in [5.41, 5.74) is 6.98. The summed E-state index contributed by atoms with van der Waals surface area (Å²) >= 11 is 0. The molecule has 0 unspecified atom stereocenters. The molecule has 7 heteroatoms. The highest BCUT2D eigenvalue weighted by Crippen LogP contribution is 2.30. The Hall–Kier alpha value is -4.62. The van der Waals surface area contributed by atoms with Crippen molar-refractivity contribution in [1.29, 1.82) is 0 Å². The summed E-state index contributed by atoms with van der Waals surface area (Å²) in [6.07, 6.45) is 2.18. The van der Waals surface area contributed by atoms with Gasteiger partial charge in [0.15, 0.2) is 0 Å². The van der Waals surface area contributed by atoms with Crippen LogP contribution in [0, 0.1) is 0 Å². The van der Waals surface area contributed by atoms with E-state index in [9.17, 15) is 4.79 Å². The lowest BCUT2D eigenvalue weighted by Gasteiger charge is -2.34. The fourth-order valence-corrected chi connectivity index (χ4v) is 5.28. The van der Waals surface area contributed by atoms with Gasteiger partial charge in [0.25, 0.3) is 5.91 Å². The molecule has 2 aromatic heterocycles. The van der Waals surface area contributed by atoms with Crippen LogP contribution in [-0.2, 0) is 6.54 Å². The van der Waals surface area contributed by atoms with Crippen LogP contribution in [0.5, 0.6) is 11.5 Å². The van der Waals surface area contributed by atoms with Gasteiger partial charge >= 0.3 is 0 Å². The minimum absolute atomic E-state index is 0.0571. The lowest BCUT2D eigenvalue weighted by Crippen LogP contribution is -2.48. The summed E-state index contributed by atoms with van der Waals surface area (Å²) < 4.78 is 13.0. The number of nitrogens with zero attached hydrogens (tertiary/aromatic N) is 4. The molecule has 0 N–H and O–H groups in total. The fraction of sp³-hybridized carbons (Fsp3) is 0.212. The molecule has 6 rings (SSSR count). The number of piperazine rings is 1. The monoisotopic (exact) mass is 532 g/mol. The second-order valence-electron chi connectivity index (χ2n) is 9.95. The predicted octanol–water partition coefficient (Wildman–Crippen LogP) is 5.64. The van der Waals surface area contributed by atoms with E-state index in [0.717, 1.165) is 64.9 Å². The molecule has 0 bridgehead atoms. The van der Waals surface area contributed by atoms with Crippen molar-refractivity contribution >= 4 is 11.6 Å². The van der Waals surface area contributed by atoms with E-state index in [2.05, 4.69) is 58.0 Å². The van der Waals surface area contributed by atoms with Crippen molar-refractivity contribution in [3.05, 3.63) is 108 Å². The van der Waals surface area contributed by atoms with E-state index in [1.54, 1.807) is 14.2 Å². The molecule has 0 aliphatic carbocycles. The fourth-order valence-electron chi connectivity index (χ4n) is 5.28. The minimum atomic E-state index is 0.0571. The molecule has 1 fully saturated rings. The lowest BCUT2D eigenvalue weighted by atomic mass is 10.1. The first-order valence-corrected chi connectivity index (χ1v) is 13.5. The molecule has 0 radical (unpaired) electrons. The van der Waals surface area contributed by atoms with Crippen LogP contribution >= 0.6 is 0 Å². The van der Waals surface area contributed by atoms with Gasteiger partial charge in [-0.3, -0.25) is 9.69 Å². The van der Waals surface area contributed by atoms with Crippen molar-refractivity contribution in [1.82, 2.24) is 19.2 Å². The molecular formula is C33H32N4O3. The normalized spacial score (nSPS) is 13.9. The number of carbonyl (C=O) groups excluding carboxylic acids is 1.